The van der Waals surface area contributed by atoms with Gasteiger partial charge < -0.3 is 15.0 Å². The first kappa shape index (κ1) is 11.6. The number of aromatic nitrogens is 3. The molecule has 5 nitrogen and oxygen atoms in total. The highest BCUT2D eigenvalue weighted by Crippen LogP contribution is 2.32. The Kier molecular flexibility index (Phi) is 3.01. The quantitative estimate of drug-likeness (QED) is 0.868. The Morgan fingerprint density at radius 2 is 2.17 bits per heavy atom. The zero-order chi connectivity index (χ0) is 12.5. The van der Waals surface area contributed by atoms with E-state index >= 15 is 0 Å². The van der Waals surface area contributed by atoms with Crippen LogP contribution in [0.4, 0.5) is 0 Å². The molecule has 0 aliphatic carbocycles. The van der Waals surface area contributed by atoms with E-state index in [-0.39, 0.29) is 0 Å². The van der Waals surface area contributed by atoms with Crippen LogP contribution in [0.2, 0.25) is 0 Å². The molecule has 0 unspecified atom stereocenters. The molecular formula is C13H18N4O. The number of ether oxygens (including phenoxy) is 1. The summed E-state index contributed by atoms with van der Waals surface area (Å²) >= 11 is 0. The minimum atomic E-state index is 0.469. The molecule has 3 rings (SSSR count). The van der Waals surface area contributed by atoms with Crippen molar-refractivity contribution in [1.29, 1.82) is 0 Å². The van der Waals surface area contributed by atoms with Gasteiger partial charge in [-0.15, -0.1) is 0 Å². The molecule has 0 bridgehead atoms. The zero-order valence-electron chi connectivity index (χ0n) is 10.6. The molecule has 0 saturated carbocycles. The van der Waals surface area contributed by atoms with E-state index < -0.39 is 0 Å². The molecule has 96 valence electrons. The molecule has 0 aromatic carbocycles. The minimum absolute atomic E-state index is 0.469. The van der Waals surface area contributed by atoms with Crippen LogP contribution in [0.1, 0.15) is 30.0 Å². The first-order valence-corrected chi connectivity index (χ1v) is 6.38. The van der Waals surface area contributed by atoms with Gasteiger partial charge in [0.25, 0.3) is 0 Å². The molecule has 0 atom stereocenters. The molecule has 1 aliphatic rings. The molecular weight excluding hydrogens is 228 g/mol. The Hall–Kier alpha value is -1.46. The maximum Gasteiger partial charge on any atom is 0.143 e. The third-order valence-corrected chi connectivity index (χ3v) is 3.69. The second-order valence-electron chi connectivity index (χ2n) is 4.81. The lowest BCUT2D eigenvalue weighted by Gasteiger charge is -2.22. The number of rotatable bonds is 2. The van der Waals surface area contributed by atoms with Crippen LogP contribution in [0.25, 0.3) is 11.0 Å². The second-order valence-corrected chi connectivity index (χ2v) is 4.81. The molecule has 0 radical (unpaired) electrons. The summed E-state index contributed by atoms with van der Waals surface area (Å²) in [7, 11) is 2.00. The molecule has 1 fully saturated rings. The van der Waals surface area contributed by atoms with Crippen molar-refractivity contribution in [2.45, 2.75) is 25.3 Å². The predicted molar refractivity (Wildman–Crippen MR) is 69.2 cm³/mol. The summed E-state index contributed by atoms with van der Waals surface area (Å²) in [5, 5.41) is 1.15. The van der Waals surface area contributed by atoms with Crippen LogP contribution in [0.15, 0.2) is 12.5 Å². The van der Waals surface area contributed by atoms with Gasteiger partial charge in [0.15, 0.2) is 0 Å². The number of nitrogens with zero attached hydrogens (tertiary/aromatic N) is 3. The second kappa shape index (κ2) is 4.66. The average molecular weight is 246 g/mol. The lowest BCUT2D eigenvalue weighted by Crippen LogP contribution is -2.16. The lowest BCUT2D eigenvalue weighted by molar-refractivity contribution is 0.0848. The van der Waals surface area contributed by atoms with Crippen LogP contribution in [0.5, 0.6) is 0 Å². The maximum atomic E-state index is 5.83. The third kappa shape index (κ3) is 1.79. The van der Waals surface area contributed by atoms with Crippen molar-refractivity contribution in [3.63, 3.8) is 0 Å². The largest absolute Gasteiger partial charge is 0.381 e. The summed E-state index contributed by atoms with van der Waals surface area (Å²) in [6, 6.07) is 0. The van der Waals surface area contributed by atoms with Crippen LogP contribution in [-0.4, -0.2) is 27.7 Å². The van der Waals surface area contributed by atoms with Crippen LogP contribution in [-0.2, 0) is 18.3 Å². The Labute approximate surface area is 106 Å². The van der Waals surface area contributed by atoms with E-state index in [0.29, 0.717) is 12.5 Å². The van der Waals surface area contributed by atoms with Crippen molar-refractivity contribution in [3.8, 4) is 0 Å². The van der Waals surface area contributed by atoms with E-state index in [9.17, 15) is 0 Å². The summed E-state index contributed by atoms with van der Waals surface area (Å²) in [4.78, 5) is 8.89. The fourth-order valence-electron chi connectivity index (χ4n) is 2.76. The predicted octanol–water partition coefficient (Wildman–Crippen LogP) is 1.32. The van der Waals surface area contributed by atoms with Gasteiger partial charge in [-0.1, -0.05) is 0 Å². The Morgan fingerprint density at radius 1 is 1.39 bits per heavy atom. The van der Waals surface area contributed by atoms with Gasteiger partial charge in [0.05, 0.1) is 5.69 Å². The monoisotopic (exact) mass is 246 g/mol. The van der Waals surface area contributed by atoms with Crippen LogP contribution < -0.4 is 5.73 Å². The van der Waals surface area contributed by atoms with Crippen molar-refractivity contribution in [3.05, 3.63) is 23.8 Å². The molecule has 18 heavy (non-hydrogen) atoms. The number of hydrogen-bond donors (Lipinski definition) is 1. The smallest absolute Gasteiger partial charge is 0.143 e. The van der Waals surface area contributed by atoms with Gasteiger partial charge in [-0.3, -0.25) is 0 Å². The van der Waals surface area contributed by atoms with Gasteiger partial charge in [0.2, 0.25) is 0 Å². The molecule has 2 aromatic rings. The molecule has 0 amide bonds. The molecule has 2 aromatic heterocycles. The highest BCUT2D eigenvalue weighted by molar-refractivity contribution is 5.83. The first-order valence-electron chi connectivity index (χ1n) is 6.38. The van der Waals surface area contributed by atoms with Crippen LogP contribution in [0.3, 0.4) is 0 Å². The fraction of sp³-hybridized carbons (Fsp3) is 0.538. The maximum absolute atomic E-state index is 5.83. The van der Waals surface area contributed by atoms with Crippen molar-refractivity contribution in [2.24, 2.45) is 12.8 Å². The summed E-state index contributed by atoms with van der Waals surface area (Å²) in [6.45, 7) is 2.17. The summed E-state index contributed by atoms with van der Waals surface area (Å²) in [6.07, 6.45) is 5.78. The number of nitrogens with two attached hydrogens (primary N) is 1. The van der Waals surface area contributed by atoms with E-state index in [1.165, 1.54) is 0 Å². The van der Waals surface area contributed by atoms with E-state index in [0.717, 1.165) is 48.3 Å². The van der Waals surface area contributed by atoms with E-state index in [1.54, 1.807) is 6.33 Å². The van der Waals surface area contributed by atoms with E-state index in [4.69, 9.17) is 10.5 Å². The molecule has 2 N–H and O–H groups in total. The molecule has 1 saturated heterocycles. The zero-order valence-corrected chi connectivity index (χ0v) is 10.6. The Balaban J connectivity index is 2.15. The summed E-state index contributed by atoms with van der Waals surface area (Å²) in [5.41, 5.74) is 9.09. The third-order valence-electron chi connectivity index (χ3n) is 3.69. The first-order chi connectivity index (χ1) is 8.81. The number of fused-ring (bicyclic) bond motifs is 1. The van der Waals surface area contributed by atoms with Crippen molar-refractivity contribution in [1.82, 2.24) is 14.5 Å². The fourth-order valence-corrected chi connectivity index (χ4v) is 2.76. The molecule has 3 heterocycles. The lowest BCUT2D eigenvalue weighted by atomic mass is 9.93. The van der Waals surface area contributed by atoms with E-state index in [2.05, 4.69) is 16.2 Å². The average Bonchev–Trinajstić information content (AvgIpc) is 2.77. The Bertz CT molecular complexity index is 557. The topological polar surface area (TPSA) is 66.0 Å². The highest BCUT2D eigenvalue weighted by atomic mass is 16.5. The van der Waals surface area contributed by atoms with Crippen LogP contribution >= 0.6 is 0 Å². The van der Waals surface area contributed by atoms with Gasteiger partial charge in [0.1, 0.15) is 12.0 Å². The standard InChI is InChI=1S/C13H18N4O/c1-17-7-10(6-14)11-12(15-8-16-13(11)17)9-2-4-18-5-3-9/h7-9H,2-6,14H2,1H3. The minimum Gasteiger partial charge on any atom is -0.381 e. The SMILES string of the molecule is Cn1cc(CN)c2c(C3CCOCC3)ncnc21. The van der Waals surface area contributed by atoms with Crippen molar-refractivity contribution in [2.75, 3.05) is 13.2 Å². The van der Waals surface area contributed by atoms with Gasteiger partial charge in [-0.05, 0) is 18.4 Å². The van der Waals surface area contributed by atoms with Gasteiger partial charge in [-0.25, -0.2) is 9.97 Å². The van der Waals surface area contributed by atoms with Crippen molar-refractivity contribution >= 4 is 11.0 Å². The van der Waals surface area contributed by atoms with Crippen LogP contribution in [0, 0.1) is 0 Å². The van der Waals surface area contributed by atoms with Crippen molar-refractivity contribution < 1.29 is 4.74 Å². The van der Waals surface area contributed by atoms with Gasteiger partial charge in [0, 0.05) is 44.3 Å². The van der Waals surface area contributed by atoms with Gasteiger partial charge >= 0.3 is 0 Å². The normalized spacial score (nSPS) is 17.4. The Morgan fingerprint density at radius 3 is 2.89 bits per heavy atom. The molecule has 5 heteroatoms. The molecule has 1 aliphatic heterocycles. The highest BCUT2D eigenvalue weighted by Gasteiger charge is 2.22. The molecule has 0 spiro atoms. The number of hydrogen-bond acceptors (Lipinski definition) is 4. The van der Waals surface area contributed by atoms with Gasteiger partial charge in [-0.2, -0.15) is 0 Å². The summed E-state index contributed by atoms with van der Waals surface area (Å²) < 4.78 is 7.45. The summed E-state index contributed by atoms with van der Waals surface area (Å²) in [5.74, 6) is 0.469. The van der Waals surface area contributed by atoms with E-state index in [1.807, 2.05) is 11.6 Å². The number of aryl methyl sites for hydroxylation is 1.